The number of nitrogens with one attached hydrogen (secondary N) is 1. The van der Waals surface area contributed by atoms with Gasteiger partial charge in [0.1, 0.15) is 0 Å². The molecular formula is C17H25BrN2O. The van der Waals surface area contributed by atoms with Gasteiger partial charge >= 0.3 is 0 Å². The van der Waals surface area contributed by atoms with E-state index in [-0.39, 0.29) is 17.2 Å². The van der Waals surface area contributed by atoms with Crippen LogP contribution in [-0.2, 0) is 10.2 Å². The van der Waals surface area contributed by atoms with Gasteiger partial charge in [0, 0.05) is 22.4 Å². The Bertz CT molecular complexity index is 501. The topological polar surface area (TPSA) is 55.1 Å². The van der Waals surface area contributed by atoms with Crippen molar-refractivity contribution >= 4 is 21.8 Å². The number of hydrogen-bond donors (Lipinski definition) is 2. The highest BCUT2D eigenvalue weighted by Gasteiger charge is 2.32. The van der Waals surface area contributed by atoms with Crippen molar-refractivity contribution in [2.75, 3.05) is 13.1 Å². The summed E-state index contributed by atoms with van der Waals surface area (Å²) in [4.78, 5) is 12.4. The van der Waals surface area contributed by atoms with Crippen LogP contribution in [0.2, 0.25) is 0 Å². The highest BCUT2D eigenvalue weighted by Crippen LogP contribution is 2.31. The van der Waals surface area contributed by atoms with Gasteiger partial charge in [0.2, 0.25) is 5.91 Å². The van der Waals surface area contributed by atoms with Crippen LogP contribution in [0.15, 0.2) is 28.7 Å². The summed E-state index contributed by atoms with van der Waals surface area (Å²) >= 11 is 3.50. The molecule has 1 amide bonds. The lowest BCUT2D eigenvalue weighted by Crippen LogP contribution is -2.41. The van der Waals surface area contributed by atoms with Crippen LogP contribution in [0.4, 0.5) is 0 Å². The number of nitrogens with two attached hydrogens (primary N) is 1. The summed E-state index contributed by atoms with van der Waals surface area (Å²) in [6.07, 6.45) is 3.18. The van der Waals surface area contributed by atoms with Gasteiger partial charge in [-0.25, -0.2) is 0 Å². The summed E-state index contributed by atoms with van der Waals surface area (Å²) in [5.74, 6) is 0.637. The molecule has 21 heavy (non-hydrogen) atoms. The molecule has 4 heteroatoms. The molecule has 0 heterocycles. The van der Waals surface area contributed by atoms with E-state index in [4.69, 9.17) is 5.73 Å². The molecule has 3 nitrogen and oxygen atoms in total. The zero-order valence-electron chi connectivity index (χ0n) is 12.9. The fourth-order valence-electron chi connectivity index (χ4n) is 3.11. The zero-order valence-corrected chi connectivity index (χ0v) is 14.4. The maximum absolute atomic E-state index is 12.4. The molecule has 1 aliphatic carbocycles. The maximum atomic E-state index is 12.4. The first-order valence-corrected chi connectivity index (χ1v) is 8.47. The molecule has 1 aromatic carbocycles. The van der Waals surface area contributed by atoms with Gasteiger partial charge in [0.05, 0.1) is 0 Å². The van der Waals surface area contributed by atoms with Gasteiger partial charge in [-0.1, -0.05) is 48.3 Å². The van der Waals surface area contributed by atoms with Crippen LogP contribution in [0.5, 0.6) is 0 Å². The summed E-state index contributed by atoms with van der Waals surface area (Å²) in [6.45, 7) is 5.58. The van der Waals surface area contributed by atoms with Crippen molar-refractivity contribution in [1.29, 1.82) is 0 Å². The van der Waals surface area contributed by atoms with Gasteiger partial charge in [-0.05, 0) is 43.0 Å². The van der Waals surface area contributed by atoms with Crippen molar-refractivity contribution < 1.29 is 4.79 Å². The molecule has 1 aromatic rings. The number of carbonyl (C=O) groups excluding carboxylic acids is 1. The van der Waals surface area contributed by atoms with Crippen molar-refractivity contribution in [2.24, 2.45) is 17.6 Å². The highest BCUT2D eigenvalue weighted by atomic mass is 79.9. The number of amides is 1. The first-order valence-electron chi connectivity index (χ1n) is 7.68. The standard InChI is InChI=1S/C17H25BrN2O/c1-17(2,13-6-4-7-14(18)9-13)11-20-16(21)15-8-3-5-12(15)10-19/h4,6-7,9,12,15H,3,5,8,10-11,19H2,1-2H3,(H,20,21)/t12-,15-/m1/s1. The van der Waals surface area contributed by atoms with Gasteiger partial charge in [0.15, 0.2) is 0 Å². The minimum absolute atomic E-state index is 0.0870. The fourth-order valence-corrected chi connectivity index (χ4v) is 3.51. The van der Waals surface area contributed by atoms with Crippen molar-refractivity contribution in [3.05, 3.63) is 34.3 Å². The first-order chi connectivity index (χ1) is 9.94. The molecule has 116 valence electrons. The quantitative estimate of drug-likeness (QED) is 0.854. The molecule has 0 aromatic heterocycles. The third kappa shape index (κ3) is 4.07. The molecule has 3 N–H and O–H groups in total. The van der Waals surface area contributed by atoms with Gasteiger partial charge < -0.3 is 11.1 Å². The molecule has 0 radical (unpaired) electrons. The molecule has 0 aliphatic heterocycles. The van der Waals surface area contributed by atoms with Gasteiger partial charge in [0.25, 0.3) is 0 Å². The number of rotatable bonds is 5. The minimum atomic E-state index is -0.0870. The van der Waals surface area contributed by atoms with E-state index >= 15 is 0 Å². The lowest BCUT2D eigenvalue weighted by atomic mass is 9.84. The summed E-state index contributed by atoms with van der Waals surface area (Å²) < 4.78 is 1.07. The Labute approximate surface area is 135 Å². The summed E-state index contributed by atoms with van der Waals surface area (Å²) in [6, 6.07) is 8.27. The third-order valence-electron chi connectivity index (χ3n) is 4.61. The Morgan fingerprint density at radius 3 is 2.86 bits per heavy atom. The second-order valence-corrected chi connectivity index (χ2v) is 7.56. The van der Waals surface area contributed by atoms with Crippen molar-refractivity contribution in [2.45, 2.75) is 38.5 Å². The number of benzene rings is 1. The molecule has 1 saturated carbocycles. The molecule has 1 aliphatic rings. The molecule has 0 unspecified atom stereocenters. The monoisotopic (exact) mass is 352 g/mol. The van der Waals surface area contributed by atoms with Crippen LogP contribution in [-0.4, -0.2) is 19.0 Å². The smallest absolute Gasteiger partial charge is 0.223 e. The summed E-state index contributed by atoms with van der Waals surface area (Å²) in [5, 5.41) is 3.14. The van der Waals surface area contributed by atoms with Crippen LogP contribution >= 0.6 is 15.9 Å². The third-order valence-corrected chi connectivity index (χ3v) is 5.10. The second-order valence-electron chi connectivity index (χ2n) is 6.65. The molecular weight excluding hydrogens is 328 g/mol. The van der Waals surface area contributed by atoms with E-state index in [0.29, 0.717) is 19.0 Å². The highest BCUT2D eigenvalue weighted by molar-refractivity contribution is 9.10. The molecule has 0 spiro atoms. The lowest BCUT2D eigenvalue weighted by molar-refractivity contribution is -0.126. The summed E-state index contributed by atoms with van der Waals surface area (Å²) in [7, 11) is 0. The number of carbonyl (C=O) groups is 1. The Kier molecular flexibility index (Phi) is 5.44. The Morgan fingerprint density at radius 1 is 1.43 bits per heavy atom. The van der Waals surface area contributed by atoms with Gasteiger partial charge in [-0.2, -0.15) is 0 Å². The van der Waals surface area contributed by atoms with E-state index in [9.17, 15) is 4.79 Å². The van der Waals surface area contributed by atoms with Gasteiger partial charge in [-0.15, -0.1) is 0 Å². The summed E-state index contributed by atoms with van der Waals surface area (Å²) in [5.41, 5.74) is 6.90. The van der Waals surface area contributed by atoms with Gasteiger partial charge in [-0.3, -0.25) is 4.79 Å². The van der Waals surface area contributed by atoms with E-state index in [1.54, 1.807) is 0 Å². The van der Waals surface area contributed by atoms with E-state index in [1.165, 1.54) is 5.56 Å². The largest absolute Gasteiger partial charge is 0.355 e. The number of hydrogen-bond acceptors (Lipinski definition) is 2. The molecule has 0 bridgehead atoms. The zero-order chi connectivity index (χ0) is 15.5. The average molecular weight is 353 g/mol. The Morgan fingerprint density at radius 2 is 2.19 bits per heavy atom. The van der Waals surface area contributed by atoms with E-state index in [0.717, 1.165) is 23.7 Å². The second kappa shape index (κ2) is 6.93. The number of halogens is 1. The average Bonchev–Trinajstić information content (AvgIpc) is 2.93. The Hall–Kier alpha value is -0.870. The van der Waals surface area contributed by atoms with Crippen LogP contribution < -0.4 is 11.1 Å². The molecule has 2 atom stereocenters. The predicted molar refractivity (Wildman–Crippen MR) is 90.1 cm³/mol. The minimum Gasteiger partial charge on any atom is -0.355 e. The van der Waals surface area contributed by atoms with E-state index < -0.39 is 0 Å². The van der Waals surface area contributed by atoms with E-state index in [1.807, 2.05) is 12.1 Å². The van der Waals surface area contributed by atoms with Crippen molar-refractivity contribution in [3.8, 4) is 0 Å². The Balaban J connectivity index is 1.96. The first kappa shape index (κ1) is 16.5. The molecule has 2 rings (SSSR count). The maximum Gasteiger partial charge on any atom is 0.223 e. The van der Waals surface area contributed by atoms with Crippen LogP contribution in [0.3, 0.4) is 0 Å². The SMILES string of the molecule is CC(C)(CNC(=O)[C@@H]1CCC[C@@H]1CN)c1cccc(Br)c1. The van der Waals surface area contributed by atoms with E-state index in [2.05, 4.69) is 47.2 Å². The lowest BCUT2D eigenvalue weighted by Gasteiger charge is -2.27. The van der Waals surface area contributed by atoms with Crippen LogP contribution in [0, 0.1) is 11.8 Å². The van der Waals surface area contributed by atoms with Crippen molar-refractivity contribution in [3.63, 3.8) is 0 Å². The van der Waals surface area contributed by atoms with Crippen LogP contribution in [0.1, 0.15) is 38.7 Å². The van der Waals surface area contributed by atoms with Crippen molar-refractivity contribution in [1.82, 2.24) is 5.32 Å². The predicted octanol–water partition coefficient (Wildman–Crippen LogP) is 3.22. The molecule has 0 saturated heterocycles. The fraction of sp³-hybridized carbons (Fsp3) is 0.588. The normalized spacial score (nSPS) is 22.3. The van der Waals surface area contributed by atoms with Crippen LogP contribution in [0.25, 0.3) is 0 Å². The molecule has 1 fully saturated rings.